The molecule has 1 aromatic carbocycles. The highest BCUT2D eigenvalue weighted by atomic mass is 32.1. The third-order valence-electron chi connectivity index (χ3n) is 2.90. The monoisotopic (exact) mass is 271 g/mol. The SMILES string of the molecule is O[C@H](c1ccccc1)c1nccn1Cc1nccs1. The number of aliphatic hydroxyl groups excluding tert-OH is 1. The highest BCUT2D eigenvalue weighted by molar-refractivity contribution is 7.09. The van der Waals surface area contributed by atoms with Crippen molar-refractivity contribution in [2.75, 3.05) is 0 Å². The zero-order chi connectivity index (χ0) is 13.1. The van der Waals surface area contributed by atoms with E-state index in [1.54, 1.807) is 23.7 Å². The molecule has 0 unspecified atom stereocenters. The van der Waals surface area contributed by atoms with E-state index in [1.165, 1.54) is 0 Å². The molecule has 3 rings (SSSR count). The van der Waals surface area contributed by atoms with E-state index in [1.807, 2.05) is 46.5 Å². The molecule has 1 atom stereocenters. The van der Waals surface area contributed by atoms with Gasteiger partial charge in [-0.05, 0) is 5.56 Å². The Morgan fingerprint density at radius 3 is 2.74 bits per heavy atom. The van der Waals surface area contributed by atoms with E-state index in [-0.39, 0.29) is 0 Å². The largest absolute Gasteiger partial charge is 0.380 e. The molecule has 0 aliphatic rings. The lowest BCUT2D eigenvalue weighted by Crippen LogP contribution is -2.10. The first-order valence-corrected chi connectivity index (χ1v) is 6.85. The number of rotatable bonds is 4. The number of hydrogen-bond acceptors (Lipinski definition) is 4. The molecular weight excluding hydrogens is 258 g/mol. The van der Waals surface area contributed by atoms with Crippen molar-refractivity contribution in [1.29, 1.82) is 0 Å². The van der Waals surface area contributed by atoms with Gasteiger partial charge in [0.15, 0.2) is 0 Å². The highest BCUT2D eigenvalue weighted by Gasteiger charge is 2.16. The number of nitrogens with zero attached hydrogens (tertiary/aromatic N) is 3. The van der Waals surface area contributed by atoms with Crippen LogP contribution in [0.15, 0.2) is 54.3 Å². The van der Waals surface area contributed by atoms with E-state index in [2.05, 4.69) is 9.97 Å². The summed E-state index contributed by atoms with van der Waals surface area (Å²) in [7, 11) is 0. The van der Waals surface area contributed by atoms with Crippen LogP contribution in [-0.4, -0.2) is 19.6 Å². The van der Waals surface area contributed by atoms with Crippen molar-refractivity contribution >= 4 is 11.3 Å². The van der Waals surface area contributed by atoms with Gasteiger partial charge in [0.2, 0.25) is 0 Å². The van der Waals surface area contributed by atoms with Crippen molar-refractivity contribution in [2.24, 2.45) is 0 Å². The van der Waals surface area contributed by atoms with Crippen LogP contribution in [0, 0.1) is 0 Å². The molecule has 0 bridgehead atoms. The molecule has 2 heterocycles. The Hall–Kier alpha value is -1.98. The number of benzene rings is 1. The molecule has 5 heteroatoms. The summed E-state index contributed by atoms with van der Waals surface area (Å²) < 4.78 is 1.93. The van der Waals surface area contributed by atoms with Gasteiger partial charge in [-0.15, -0.1) is 11.3 Å². The number of aliphatic hydroxyl groups is 1. The van der Waals surface area contributed by atoms with E-state index in [0.717, 1.165) is 10.6 Å². The predicted octanol–water partition coefficient (Wildman–Crippen LogP) is 2.47. The van der Waals surface area contributed by atoms with Gasteiger partial charge in [0.05, 0.1) is 6.54 Å². The lowest BCUT2D eigenvalue weighted by atomic mass is 10.1. The molecule has 0 saturated heterocycles. The van der Waals surface area contributed by atoms with Crippen LogP contribution in [0.5, 0.6) is 0 Å². The molecular formula is C14H13N3OS. The Bertz CT molecular complexity index is 634. The van der Waals surface area contributed by atoms with Crippen molar-refractivity contribution in [3.63, 3.8) is 0 Å². The average Bonchev–Trinajstić information content (AvgIpc) is 3.11. The molecule has 4 nitrogen and oxygen atoms in total. The van der Waals surface area contributed by atoms with E-state index in [0.29, 0.717) is 12.4 Å². The lowest BCUT2D eigenvalue weighted by molar-refractivity contribution is 0.205. The fraction of sp³-hybridized carbons (Fsp3) is 0.143. The Morgan fingerprint density at radius 1 is 1.16 bits per heavy atom. The van der Waals surface area contributed by atoms with Crippen LogP contribution in [0.3, 0.4) is 0 Å². The summed E-state index contributed by atoms with van der Waals surface area (Å²) in [4.78, 5) is 8.52. The minimum atomic E-state index is -0.712. The van der Waals surface area contributed by atoms with Crippen LogP contribution in [0.2, 0.25) is 0 Å². The predicted molar refractivity (Wildman–Crippen MR) is 73.9 cm³/mol. The summed E-state index contributed by atoms with van der Waals surface area (Å²) >= 11 is 1.60. The summed E-state index contributed by atoms with van der Waals surface area (Å²) in [5.74, 6) is 0.640. The van der Waals surface area contributed by atoms with E-state index in [4.69, 9.17) is 0 Å². The fourth-order valence-electron chi connectivity index (χ4n) is 1.96. The van der Waals surface area contributed by atoms with Crippen LogP contribution in [0.4, 0.5) is 0 Å². The normalized spacial score (nSPS) is 12.5. The van der Waals surface area contributed by atoms with E-state index in [9.17, 15) is 5.11 Å². The van der Waals surface area contributed by atoms with Gasteiger partial charge in [0.25, 0.3) is 0 Å². The molecule has 0 amide bonds. The third kappa shape index (κ3) is 2.57. The van der Waals surface area contributed by atoms with Gasteiger partial charge in [0, 0.05) is 24.0 Å². The minimum Gasteiger partial charge on any atom is -0.380 e. The van der Waals surface area contributed by atoms with Crippen LogP contribution in [-0.2, 0) is 6.54 Å². The molecule has 0 spiro atoms. The molecule has 0 aliphatic heterocycles. The summed E-state index contributed by atoms with van der Waals surface area (Å²) in [5.41, 5.74) is 0.842. The van der Waals surface area contributed by atoms with Gasteiger partial charge in [-0.3, -0.25) is 0 Å². The number of imidazole rings is 1. The van der Waals surface area contributed by atoms with Crippen LogP contribution in [0.25, 0.3) is 0 Å². The second kappa shape index (κ2) is 5.34. The average molecular weight is 271 g/mol. The molecule has 96 valence electrons. The summed E-state index contributed by atoms with van der Waals surface area (Å²) in [6.07, 6.45) is 4.64. The van der Waals surface area contributed by atoms with Gasteiger partial charge in [0.1, 0.15) is 16.9 Å². The maximum atomic E-state index is 10.4. The van der Waals surface area contributed by atoms with Crippen molar-refractivity contribution in [3.8, 4) is 0 Å². The second-order valence-corrected chi connectivity index (χ2v) is 5.13. The van der Waals surface area contributed by atoms with Gasteiger partial charge in [-0.1, -0.05) is 30.3 Å². The number of aromatic nitrogens is 3. The Kier molecular flexibility index (Phi) is 3.39. The standard InChI is InChI=1S/C14H13N3OS/c18-13(11-4-2-1-3-5-11)14-16-6-8-17(14)10-12-15-7-9-19-12/h1-9,13,18H,10H2/t13-/m1/s1. The second-order valence-electron chi connectivity index (χ2n) is 4.15. The van der Waals surface area contributed by atoms with E-state index < -0.39 is 6.10 Å². The molecule has 3 aromatic rings. The van der Waals surface area contributed by atoms with Crippen LogP contribution >= 0.6 is 11.3 Å². The first kappa shape index (κ1) is 12.1. The summed E-state index contributed by atoms with van der Waals surface area (Å²) in [6.45, 7) is 0.636. The third-order valence-corrected chi connectivity index (χ3v) is 3.66. The Labute approximate surface area is 115 Å². The molecule has 1 N–H and O–H groups in total. The molecule has 0 saturated carbocycles. The first-order valence-electron chi connectivity index (χ1n) is 5.97. The molecule has 0 fully saturated rings. The maximum absolute atomic E-state index is 10.4. The fourth-order valence-corrected chi connectivity index (χ4v) is 2.58. The summed E-state index contributed by atoms with van der Waals surface area (Å²) in [5, 5.41) is 13.3. The van der Waals surface area contributed by atoms with Gasteiger partial charge in [-0.2, -0.15) is 0 Å². The minimum absolute atomic E-state index is 0.636. The van der Waals surface area contributed by atoms with Crippen LogP contribution in [0.1, 0.15) is 22.5 Å². The zero-order valence-electron chi connectivity index (χ0n) is 10.2. The van der Waals surface area contributed by atoms with Gasteiger partial charge in [-0.25, -0.2) is 9.97 Å². The van der Waals surface area contributed by atoms with Crippen LogP contribution < -0.4 is 0 Å². The van der Waals surface area contributed by atoms with E-state index >= 15 is 0 Å². The Balaban J connectivity index is 1.88. The molecule has 0 radical (unpaired) electrons. The molecule has 19 heavy (non-hydrogen) atoms. The smallest absolute Gasteiger partial charge is 0.142 e. The highest BCUT2D eigenvalue weighted by Crippen LogP contribution is 2.21. The van der Waals surface area contributed by atoms with Crippen molar-refractivity contribution in [3.05, 3.63) is 70.7 Å². The lowest BCUT2D eigenvalue weighted by Gasteiger charge is -2.12. The zero-order valence-corrected chi connectivity index (χ0v) is 11.0. The molecule has 0 aliphatic carbocycles. The first-order chi connectivity index (χ1) is 9.34. The summed E-state index contributed by atoms with van der Waals surface area (Å²) in [6, 6.07) is 9.54. The van der Waals surface area contributed by atoms with Crippen molar-refractivity contribution < 1.29 is 5.11 Å². The topological polar surface area (TPSA) is 50.9 Å². The molecule has 2 aromatic heterocycles. The number of hydrogen-bond donors (Lipinski definition) is 1. The van der Waals surface area contributed by atoms with Gasteiger partial charge < -0.3 is 9.67 Å². The van der Waals surface area contributed by atoms with Crippen molar-refractivity contribution in [1.82, 2.24) is 14.5 Å². The Morgan fingerprint density at radius 2 is 2.00 bits per heavy atom. The maximum Gasteiger partial charge on any atom is 0.142 e. The quantitative estimate of drug-likeness (QED) is 0.793. The van der Waals surface area contributed by atoms with Gasteiger partial charge >= 0.3 is 0 Å². The number of thiazole rings is 1. The van der Waals surface area contributed by atoms with Crippen molar-refractivity contribution in [2.45, 2.75) is 12.6 Å².